The van der Waals surface area contributed by atoms with Crippen molar-refractivity contribution in [3.05, 3.63) is 29.0 Å². The molecule has 19 heavy (non-hydrogen) atoms. The van der Waals surface area contributed by atoms with Crippen molar-refractivity contribution in [2.75, 3.05) is 30.0 Å². The highest BCUT2D eigenvalue weighted by Crippen LogP contribution is 2.19. The zero-order valence-electron chi connectivity index (χ0n) is 10.4. The molecule has 2 N–H and O–H groups in total. The first-order chi connectivity index (χ1) is 9.31. The standard InChI is InChI=1S/C11H14ClN5S2/c1-13-10-11(17-19-16-10)15-5-6-18-7-9-8(12)3-2-4-14-9/h2-4H,5-7H2,1H3,(H,13,16)(H,15,17). The Morgan fingerprint density at radius 3 is 3.00 bits per heavy atom. The number of halogens is 1. The Hall–Kier alpha value is -1.05. The van der Waals surface area contributed by atoms with Crippen LogP contribution in [-0.2, 0) is 5.75 Å². The Labute approximate surface area is 125 Å². The molecule has 2 heterocycles. The Morgan fingerprint density at radius 1 is 1.37 bits per heavy atom. The van der Waals surface area contributed by atoms with Crippen LogP contribution in [0.2, 0.25) is 5.02 Å². The lowest BCUT2D eigenvalue weighted by atomic mass is 10.4. The fraction of sp³-hybridized carbons (Fsp3) is 0.364. The smallest absolute Gasteiger partial charge is 0.184 e. The summed E-state index contributed by atoms with van der Waals surface area (Å²) in [5.74, 6) is 3.37. The monoisotopic (exact) mass is 315 g/mol. The predicted molar refractivity (Wildman–Crippen MR) is 83.4 cm³/mol. The largest absolute Gasteiger partial charge is 0.369 e. The maximum Gasteiger partial charge on any atom is 0.184 e. The predicted octanol–water partition coefficient (Wildman–Crippen LogP) is 2.97. The van der Waals surface area contributed by atoms with Crippen molar-refractivity contribution >= 4 is 46.7 Å². The molecule has 0 saturated heterocycles. The van der Waals surface area contributed by atoms with Crippen molar-refractivity contribution in [1.82, 2.24) is 13.7 Å². The molecule has 0 unspecified atom stereocenters. The van der Waals surface area contributed by atoms with E-state index in [1.165, 1.54) is 11.7 Å². The van der Waals surface area contributed by atoms with Crippen LogP contribution in [0, 0.1) is 0 Å². The number of thioether (sulfide) groups is 1. The molecule has 0 aromatic carbocycles. The molecule has 8 heteroatoms. The average Bonchev–Trinajstić information content (AvgIpc) is 2.88. The number of nitrogens with zero attached hydrogens (tertiary/aromatic N) is 3. The second-order valence-corrected chi connectivity index (χ2v) is 5.66. The van der Waals surface area contributed by atoms with Gasteiger partial charge in [-0.2, -0.15) is 20.5 Å². The van der Waals surface area contributed by atoms with E-state index >= 15 is 0 Å². The molecule has 2 rings (SSSR count). The number of hydrogen-bond acceptors (Lipinski definition) is 7. The van der Waals surface area contributed by atoms with Crippen molar-refractivity contribution in [2.24, 2.45) is 0 Å². The molecule has 0 bridgehead atoms. The van der Waals surface area contributed by atoms with Gasteiger partial charge in [0.25, 0.3) is 0 Å². The van der Waals surface area contributed by atoms with E-state index < -0.39 is 0 Å². The van der Waals surface area contributed by atoms with E-state index in [4.69, 9.17) is 11.6 Å². The molecule has 0 radical (unpaired) electrons. The SMILES string of the molecule is CNc1nsnc1NCCSCc1ncccc1Cl. The lowest BCUT2D eigenvalue weighted by molar-refractivity contribution is 1.16. The van der Waals surface area contributed by atoms with Gasteiger partial charge >= 0.3 is 0 Å². The maximum atomic E-state index is 6.04. The van der Waals surface area contributed by atoms with Crippen LogP contribution in [0.1, 0.15) is 5.69 Å². The van der Waals surface area contributed by atoms with Gasteiger partial charge in [-0.15, -0.1) is 0 Å². The van der Waals surface area contributed by atoms with Gasteiger partial charge in [-0.3, -0.25) is 4.98 Å². The summed E-state index contributed by atoms with van der Waals surface area (Å²) in [6.07, 6.45) is 1.76. The summed E-state index contributed by atoms with van der Waals surface area (Å²) in [4.78, 5) is 4.25. The molecule has 0 aliphatic rings. The van der Waals surface area contributed by atoms with Crippen LogP contribution < -0.4 is 10.6 Å². The van der Waals surface area contributed by atoms with Gasteiger partial charge in [0.2, 0.25) is 0 Å². The van der Waals surface area contributed by atoms with Crippen LogP contribution in [0.4, 0.5) is 11.6 Å². The summed E-state index contributed by atoms with van der Waals surface area (Å²) < 4.78 is 8.29. The zero-order valence-corrected chi connectivity index (χ0v) is 12.8. The summed E-state index contributed by atoms with van der Waals surface area (Å²) in [6.45, 7) is 0.829. The fourth-order valence-corrected chi connectivity index (χ4v) is 3.02. The lowest BCUT2D eigenvalue weighted by Gasteiger charge is -2.05. The molecule has 5 nitrogen and oxygen atoms in total. The van der Waals surface area contributed by atoms with Gasteiger partial charge in [-0.1, -0.05) is 11.6 Å². The number of hydrogen-bond donors (Lipinski definition) is 2. The third kappa shape index (κ3) is 4.22. The van der Waals surface area contributed by atoms with Gasteiger partial charge in [0.1, 0.15) is 0 Å². The second kappa shape index (κ2) is 7.52. The first kappa shape index (κ1) is 14.4. The molecule has 0 spiro atoms. The molecule has 102 valence electrons. The van der Waals surface area contributed by atoms with E-state index in [0.717, 1.165) is 40.4 Å². The van der Waals surface area contributed by atoms with E-state index in [1.54, 1.807) is 18.0 Å². The van der Waals surface area contributed by atoms with Gasteiger partial charge < -0.3 is 10.6 Å². The molecule has 2 aromatic heterocycles. The number of aromatic nitrogens is 3. The van der Waals surface area contributed by atoms with Crippen LogP contribution in [0.5, 0.6) is 0 Å². The van der Waals surface area contributed by atoms with Crippen molar-refractivity contribution in [2.45, 2.75) is 5.75 Å². The van der Waals surface area contributed by atoms with Gasteiger partial charge in [0, 0.05) is 31.3 Å². The van der Waals surface area contributed by atoms with Crippen LogP contribution in [0.15, 0.2) is 18.3 Å². The first-order valence-electron chi connectivity index (χ1n) is 5.72. The number of pyridine rings is 1. The van der Waals surface area contributed by atoms with Crippen LogP contribution in [0.3, 0.4) is 0 Å². The Kier molecular flexibility index (Phi) is 5.68. The quantitative estimate of drug-likeness (QED) is 0.766. The molecule has 0 amide bonds. The van der Waals surface area contributed by atoms with Crippen LogP contribution in [-0.4, -0.2) is 33.1 Å². The minimum Gasteiger partial charge on any atom is -0.369 e. The molecule has 0 saturated carbocycles. The Morgan fingerprint density at radius 2 is 2.21 bits per heavy atom. The van der Waals surface area contributed by atoms with Crippen molar-refractivity contribution in [1.29, 1.82) is 0 Å². The summed E-state index contributed by atoms with van der Waals surface area (Å²) in [5, 5.41) is 6.96. The normalized spacial score (nSPS) is 10.4. The molecular weight excluding hydrogens is 302 g/mol. The second-order valence-electron chi connectivity index (χ2n) is 3.62. The van der Waals surface area contributed by atoms with Gasteiger partial charge in [0.15, 0.2) is 11.6 Å². The van der Waals surface area contributed by atoms with Crippen LogP contribution >= 0.6 is 35.1 Å². The highest BCUT2D eigenvalue weighted by atomic mass is 35.5. The highest BCUT2D eigenvalue weighted by molar-refractivity contribution is 7.98. The Bertz CT molecular complexity index is 519. The zero-order chi connectivity index (χ0) is 13.5. The summed E-state index contributed by atoms with van der Waals surface area (Å²) in [6, 6.07) is 3.70. The molecular formula is C11H14ClN5S2. The van der Waals surface area contributed by atoms with E-state index in [9.17, 15) is 0 Å². The Balaban J connectivity index is 1.69. The molecule has 0 aliphatic carbocycles. The topological polar surface area (TPSA) is 62.7 Å². The summed E-state index contributed by atoms with van der Waals surface area (Å²) in [5.41, 5.74) is 0.931. The third-order valence-electron chi connectivity index (χ3n) is 2.34. The van der Waals surface area contributed by atoms with E-state index in [1.807, 2.05) is 19.2 Å². The fourth-order valence-electron chi connectivity index (χ4n) is 1.40. The minimum atomic E-state index is 0.726. The molecule has 0 aliphatic heterocycles. The maximum absolute atomic E-state index is 6.04. The van der Waals surface area contributed by atoms with Crippen molar-refractivity contribution in [3.8, 4) is 0 Å². The van der Waals surface area contributed by atoms with E-state index in [-0.39, 0.29) is 0 Å². The number of rotatable bonds is 7. The summed E-state index contributed by atoms with van der Waals surface area (Å²) in [7, 11) is 1.83. The molecule has 2 aromatic rings. The lowest BCUT2D eigenvalue weighted by Crippen LogP contribution is -2.06. The highest BCUT2D eigenvalue weighted by Gasteiger charge is 2.05. The van der Waals surface area contributed by atoms with Crippen LogP contribution in [0.25, 0.3) is 0 Å². The van der Waals surface area contributed by atoms with E-state index in [0.29, 0.717) is 0 Å². The minimum absolute atomic E-state index is 0.726. The summed E-state index contributed by atoms with van der Waals surface area (Å²) >= 11 is 9.02. The van der Waals surface area contributed by atoms with E-state index in [2.05, 4.69) is 24.4 Å². The van der Waals surface area contributed by atoms with Crippen molar-refractivity contribution < 1.29 is 0 Å². The average molecular weight is 316 g/mol. The van der Waals surface area contributed by atoms with Gasteiger partial charge in [-0.05, 0) is 12.1 Å². The number of anilines is 2. The number of nitrogens with one attached hydrogen (secondary N) is 2. The first-order valence-corrected chi connectivity index (χ1v) is 7.99. The van der Waals surface area contributed by atoms with Gasteiger partial charge in [0.05, 0.1) is 22.4 Å². The molecule has 0 atom stereocenters. The molecule has 0 fully saturated rings. The third-order valence-corrected chi connectivity index (χ3v) is 4.18. The van der Waals surface area contributed by atoms with Crippen molar-refractivity contribution in [3.63, 3.8) is 0 Å². The van der Waals surface area contributed by atoms with Gasteiger partial charge in [-0.25, -0.2) is 0 Å².